The minimum Gasteiger partial charge on any atom is -0.497 e. The Morgan fingerprint density at radius 1 is 1.06 bits per heavy atom. The Hall–Kier alpha value is -3.61. The molecule has 3 aromatic rings. The zero-order valence-electron chi connectivity index (χ0n) is 18.5. The second kappa shape index (κ2) is 10.1. The van der Waals surface area contributed by atoms with Crippen molar-refractivity contribution in [3.05, 3.63) is 66.5 Å². The van der Waals surface area contributed by atoms with Crippen LogP contribution in [0.2, 0.25) is 0 Å². The van der Waals surface area contributed by atoms with Gasteiger partial charge in [-0.15, -0.1) is 0 Å². The number of nitrogens with zero attached hydrogens (tertiary/aromatic N) is 3. The molecule has 1 N–H and O–H groups in total. The van der Waals surface area contributed by atoms with Crippen LogP contribution in [-0.4, -0.2) is 43.2 Å². The summed E-state index contributed by atoms with van der Waals surface area (Å²) in [6.45, 7) is 2.00. The molecule has 0 aliphatic carbocycles. The highest BCUT2D eigenvalue weighted by atomic mass is 16.5. The van der Waals surface area contributed by atoms with Gasteiger partial charge in [0, 0.05) is 31.3 Å². The van der Waals surface area contributed by atoms with Gasteiger partial charge in [0.05, 0.1) is 25.8 Å². The van der Waals surface area contributed by atoms with E-state index in [-0.39, 0.29) is 11.8 Å². The maximum absolute atomic E-state index is 12.8. The van der Waals surface area contributed by atoms with Crippen molar-refractivity contribution in [2.45, 2.75) is 19.4 Å². The Labute approximate surface area is 188 Å². The van der Waals surface area contributed by atoms with Gasteiger partial charge in [-0.25, -0.2) is 9.97 Å². The molecule has 0 bridgehead atoms. The van der Waals surface area contributed by atoms with Gasteiger partial charge in [0.25, 0.3) is 0 Å². The van der Waals surface area contributed by atoms with E-state index in [9.17, 15) is 4.79 Å². The van der Waals surface area contributed by atoms with Crippen LogP contribution in [0.25, 0.3) is 11.3 Å². The molecule has 1 aliphatic rings. The Balaban J connectivity index is 1.40. The number of hydrogen-bond donors (Lipinski definition) is 1. The number of piperidine rings is 1. The van der Waals surface area contributed by atoms with Gasteiger partial charge in [-0.3, -0.25) is 4.79 Å². The maximum atomic E-state index is 12.8. The quantitative estimate of drug-likeness (QED) is 0.614. The minimum atomic E-state index is -0.0752. The third kappa shape index (κ3) is 5.17. The van der Waals surface area contributed by atoms with Gasteiger partial charge in [-0.1, -0.05) is 12.1 Å². The zero-order valence-corrected chi connectivity index (χ0v) is 18.5. The van der Waals surface area contributed by atoms with Crippen molar-refractivity contribution in [2.75, 3.05) is 32.2 Å². The molecular formula is C25H28N4O3. The fourth-order valence-corrected chi connectivity index (χ4v) is 3.95. The van der Waals surface area contributed by atoms with Gasteiger partial charge in [-0.2, -0.15) is 0 Å². The van der Waals surface area contributed by atoms with Crippen molar-refractivity contribution in [3.63, 3.8) is 0 Å². The number of aromatic nitrogens is 2. The molecule has 1 saturated heterocycles. The third-order valence-electron chi connectivity index (χ3n) is 5.76. The van der Waals surface area contributed by atoms with E-state index in [0.29, 0.717) is 13.1 Å². The van der Waals surface area contributed by atoms with E-state index in [4.69, 9.17) is 9.47 Å². The van der Waals surface area contributed by atoms with Crippen LogP contribution in [0.5, 0.6) is 11.5 Å². The lowest BCUT2D eigenvalue weighted by atomic mass is 9.97. The van der Waals surface area contributed by atoms with Gasteiger partial charge < -0.3 is 19.7 Å². The third-order valence-corrected chi connectivity index (χ3v) is 5.76. The van der Waals surface area contributed by atoms with Crippen LogP contribution in [0.4, 0.5) is 5.82 Å². The molecule has 1 atom stereocenters. The molecule has 4 rings (SSSR count). The zero-order chi connectivity index (χ0) is 22.3. The first-order valence-electron chi connectivity index (χ1n) is 10.8. The molecule has 0 spiro atoms. The molecule has 7 heteroatoms. The van der Waals surface area contributed by atoms with Gasteiger partial charge in [0.1, 0.15) is 23.6 Å². The second-order valence-corrected chi connectivity index (χ2v) is 7.84. The van der Waals surface area contributed by atoms with Gasteiger partial charge >= 0.3 is 0 Å². The van der Waals surface area contributed by atoms with E-state index in [2.05, 4.69) is 20.2 Å². The summed E-state index contributed by atoms with van der Waals surface area (Å²) >= 11 is 0. The van der Waals surface area contributed by atoms with Crippen molar-refractivity contribution >= 4 is 11.7 Å². The van der Waals surface area contributed by atoms with Crippen LogP contribution in [0, 0.1) is 5.92 Å². The number of rotatable bonds is 7. The van der Waals surface area contributed by atoms with Crippen LogP contribution in [0.15, 0.2) is 60.9 Å². The summed E-state index contributed by atoms with van der Waals surface area (Å²) < 4.78 is 10.5. The summed E-state index contributed by atoms with van der Waals surface area (Å²) in [5.41, 5.74) is 2.87. The first kappa shape index (κ1) is 21.6. The Bertz CT molecular complexity index is 1060. The highest BCUT2D eigenvalue weighted by Gasteiger charge is 2.26. The van der Waals surface area contributed by atoms with Crippen molar-refractivity contribution < 1.29 is 14.3 Å². The molecule has 1 unspecified atom stereocenters. The molecule has 1 fully saturated rings. The first-order chi connectivity index (χ1) is 15.7. The standard InChI is InChI=1S/C25H28N4O3/c1-31-21-10-8-19(9-11-21)23-14-24(28-17-27-23)29-12-4-6-20(16-29)25(30)26-15-18-5-3-7-22(13-18)32-2/h3,5,7-11,13-14,17,20H,4,6,12,15-16H2,1-2H3,(H,26,30). The highest BCUT2D eigenvalue weighted by Crippen LogP contribution is 2.26. The summed E-state index contributed by atoms with van der Waals surface area (Å²) in [6, 6.07) is 17.5. The van der Waals surface area contributed by atoms with Crippen molar-refractivity contribution in [2.24, 2.45) is 5.92 Å². The van der Waals surface area contributed by atoms with E-state index < -0.39 is 0 Å². The number of nitrogens with one attached hydrogen (secondary N) is 1. The number of carbonyl (C=O) groups excluding carboxylic acids is 1. The molecular weight excluding hydrogens is 404 g/mol. The van der Waals surface area contributed by atoms with Crippen molar-refractivity contribution in [1.29, 1.82) is 0 Å². The smallest absolute Gasteiger partial charge is 0.225 e. The molecule has 1 amide bonds. The number of benzene rings is 2. The number of ether oxygens (including phenoxy) is 2. The maximum Gasteiger partial charge on any atom is 0.225 e. The minimum absolute atomic E-state index is 0.0713. The van der Waals surface area contributed by atoms with Crippen LogP contribution in [-0.2, 0) is 11.3 Å². The summed E-state index contributed by atoms with van der Waals surface area (Å²) in [7, 11) is 3.29. The van der Waals surface area contributed by atoms with Crippen LogP contribution >= 0.6 is 0 Å². The highest BCUT2D eigenvalue weighted by molar-refractivity contribution is 5.79. The summed E-state index contributed by atoms with van der Waals surface area (Å²) in [6.07, 6.45) is 3.40. The van der Waals surface area contributed by atoms with Gasteiger partial charge in [0.15, 0.2) is 0 Å². The number of amides is 1. The van der Waals surface area contributed by atoms with Crippen molar-refractivity contribution in [1.82, 2.24) is 15.3 Å². The normalized spacial score (nSPS) is 15.8. The molecule has 1 aliphatic heterocycles. The molecule has 7 nitrogen and oxygen atoms in total. The van der Waals surface area contributed by atoms with E-state index in [1.54, 1.807) is 20.5 Å². The van der Waals surface area contributed by atoms with E-state index >= 15 is 0 Å². The van der Waals surface area contributed by atoms with Crippen LogP contribution in [0.1, 0.15) is 18.4 Å². The summed E-state index contributed by atoms with van der Waals surface area (Å²) in [4.78, 5) is 23.9. The predicted molar refractivity (Wildman–Crippen MR) is 124 cm³/mol. The number of methoxy groups -OCH3 is 2. The monoisotopic (exact) mass is 432 g/mol. The Morgan fingerprint density at radius 3 is 2.66 bits per heavy atom. The SMILES string of the molecule is COc1ccc(-c2cc(N3CCCC(C(=O)NCc4cccc(OC)c4)C3)ncn2)cc1. The number of carbonyl (C=O) groups is 1. The molecule has 0 saturated carbocycles. The first-order valence-corrected chi connectivity index (χ1v) is 10.8. The topological polar surface area (TPSA) is 76.6 Å². The number of anilines is 1. The molecule has 166 valence electrons. The van der Waals surface area contributed by atoms with Crippen molar-refractivity contribution in [3.8, 4) is 22.8 Å². The van der Waals surface area contributed by atoms with Crippen LogP contribution < -0.4 is 19.7 Å². The fraction of sp³-hybridized carbons (Fsp3) is 0.320. The van der Waals surface area contributed by atoms with E-state index in [1.807, 2.05) is 54.6 Å². The molecule has 1 aromatic heterocycles. The summed E-state index contributed by atoms with van der Waals surface area (Å²) in [5, 5.41) is 3.07. The second-order valence-electron chi connectivity index (χ2n) is 7.84. The van der Waals surface area contributed by atoms with E-state index in [1.165, 1.54) is 0 Å². The largest absolute Gasteiger partial charge is 0.497 e. The molecule has 2 aromatic carbocycles. The lowest BCUT2D eigenvalue weighted by Gasteiger charge is -2.33. The van der Waals surface area contributed by atoms with Crippen LogP contribution in [0.3, 0.4) is 0 Å². The number of hydrogen-bond acceptors (Lipinski definition) is 6. The Kier molecular flexibility index (Phi) is 6.84. The molecule has 0 radical (unpaired) electrons. The molecule has 2 heterocycles. The molecule has 32 heavy (non-hydrogen) atoms. The fourth-order valence-electron chi connectivity index (χ4n) is 3.95. The van der Waals surface area contributed by atoms with Gasteiger partial charge in [0.2, 0.25) is 5.91 Å². The lowest BCUT2D eigenvalue weighted by molar-refractivity contribution is -0.125. The summed E-state index contributed by atoms with van der Waals surface area (Å²) in [5.74, 6) is 2.44. The average molecular weight is 433 g/mol. The lowest BCUT2D eigenvalue weighted by Crippen LogP contribution is -2.43. The predicted octanol–water partition coefficient (Wildman–Crippen LogP) is 3.69. The Morgan fingerprint density at radius 2 is 1.88 bits per heavy atom. The average Bonchev–Trinajstić information content (AvgIpc) is 2.87. The van der Waals surface area contributed by atoms with Gasteiger partial charge in [-0.05, 0) is 54.8 Å². The van der Waals surface area contributed by atoms with E-state index in [0.717, 1.165) is 53.5 Å².